The highest BCUT2D eigenvalue weighted by Gasteiger charge is 2.23. The number of carbonyl (C=O) groups is 3. The highest BCUT2D eigenvalue weighted by atomic mass is 16.6. The molecule has 2 saturated heterocycles. The second-order valence-electron chi connectivity index (χ2n) is 8.43. The molecule has 2 rings (SSSR count). The van der Waals surface area contributed by atoms with Crippen molar-refractivity contribution in [1.82, 2.24) is 20.4 Å². The zero-order valence-electron chi connectivity index (χ0n) is 18.3. The summed E-state index contributed by atoms with van der Waals surface area (Å²) < 4.78 is 10.5. The van der Waals surface area contributed by atoms with Gasteiger partial charge in [0.25, 0.3) is 0 Å². The van der Waals surface area contributed by atoms with Gasteiger partial charge in [-0.1, -0.05) is 0 Å². The monoisotopic (exact) mass is 402 g/mol. The average molecular weight is 403 g/mol. The van der Waals surface area contributed by atoms with Crippen molar-refractivity contribution >= 4 is 19.0 Å². The number of carbonyl (C=O) groups excluding carboxylic acids is 3. The molecular weight excluding hydrogens is 364 g/mol. The number of piperazine rings is 2. The summed E-state index contributed by atoms with van der Waals surface area (Å²) in [6, 6.07) is 0. The Labute approximate surface area is 169 Å². The molecule has 0 bridgehead atoms. The molecule has 0 aliphatic carbocycles. The van der Waals surface area contributed by atoms with Crippen LogP contribution < -0.4 is 10.6 Å². The number of hydrogen-bond acceptors (Lipinski definition) is 7. The zero-order chi connectivity index (χ0) is 21.8. The number of nitrogens with zero attached hydrogens (tertiary/aromatic N) is 2. The Balaban J connectivity index is 0.000000478. The van der Waals surface area contributed by atoms with Crippen LogP contribution >= 0.6 is 0 Å². The summed E-state index contributed by atoms with van der Waals surface area (Å²) in [6.07, 6.45) is -0.400. The fourth-order valence-corrected chi connectivity index (χ4v) is 2.35. The van der Waals surface area contributed by atoms with E-state index in [2.05, 4.69) is 10.6 Å². The lowest BCUT2D eigenvalue weighted by Gasteiger charge is -2.30. The third-order valence-corrected chi connectivity index (χ3v) is 3.54. The Morgan fingerprint density at radius 1 is 0.679 bits per heavy atom. The number of nitrogens with one attached hydrogen (secondary N) is 2. The summed E-state index contributed by atoms with van der Waals surface area (Å²) in [5.41, 5.74) is -0.774. The van der Waals surface area contributed by atoms with E-state index >= 15 is 0 Å². The van der Waals surface area contributed by atoms with Crippen LogP contribution in [-0.2, 0) is 14.3 Å². The van der Waals surface area contributed by atoms with Crippen molar-refractivity contribution in [3.05, 3.63) is 0 Å². The normalized spacial score (nSPS) is 17.4. The minimum atomic E-state index is -0.387. The second-order valence-corrected chi connectivity index (χ2v) is 8.43. The van der Waals surface area contributed by atoms with Gasteiger partial charge in [-0.15, -0.1) is 0 Å². The van der Waals surface area contributed by atoms with Crippen molar-refractivity contribution in [2.24, 2.45) is 0 Å². The van der Waals surface area contributed by atoms with E-state index < -0.39 is 0 Å². The van der Waals surface area contributed by atoms with Gasteiger partial charge >= 0.3 is 12.2 Å². The van der Waals surface area contributed by atoms with Crippen molar-refractivity contribution < 1.29 is 23.9 Å². The first-order valence-corrected chi connectivity index (χ1v) is 9.64. The SMILES string of the molecule is C=O.CC(C)(C)OC(=O)N1CCNCC1.CC(C)(C)OC(=O)N1CCNCC1. The zero-order valence-corrected chi connectivity index (χ0v) is 18.3. The molecule has 2 heterocycles. The first-order valence-electron chi connectivity index (χ1n) is 9.64. The lowest BCUT2D eigenvalue weighted by molar-refractivity contribution is -0.0980. The Hall–Kier alpha value is -1.87. The average Bonchev–Trinajstić information content (AvgIpc) is 2.63. The van der Waals surface area contributed by atoms with Crippen molar-refractivity contribution in [3.8, 4) is 0 Å². The molecule has 0 spiro atoms. The lowest BCUT2D eigenvalue weighted by Crippen LogP contribution is -2.48. The smallest absolute Gasteiger partial charge is 0.410 e. The van der Waals surface area contributed by atoms with Crippen LogP contribution in [0.25, 0.3) is 0 Å². The van der Waals surface area contributed by atoms with Crippen LogP contribution in [0.2, 0.25) is 0 Å². The standard InChI is InChI=1S/2C9H18N2O2.CH2O/c2*1-9(2,3)13-8(12)11-6-4-10-5-7-11;1-2/h2*10H,4-7H2,1-3H3;1H2. The maximum absolute atomic E-state index is 11.5. The molecule has 164 valence electrons. The van der Waals surface area contributed by atoms with Gasteiger partial charge in [0.2, 0.25) is 0 Å². The van der Waals surface area contributed by atoms with Crippen molar-refractivity contribution in [2.45, 2.75) is 52.7 Å². The summed E-state index contributed by atoms with van der Waals surface area (Å²) >= 11 is 0. The number of hydrogen-bond donors (Lipinski definition) is 2. The molecule has 9 nitrogen and oxygen atoms in total. The molecule has 2 aliphatic heterocycles. The van der Waals surface area contributed by atoms with E-state index in [0.717, 1.165) is 52.4 Å². The van der Waals surface area contributed by atoms with Crippen LogP contribution in [-0.4, -0.2) is 92.3 Å². The maximum atomic E-state index is 11.5. The van der Waals surface area contributed by atoms with Crippen LogP contribution in [0.5, 0.6) is 0 Å². The predicted octanol–water partition coefficient (Wildman–Crippen LogP) is 1.47. The molecule has 0 radical (unpaired) electrons. The van der Waals surface area contributed by atoms with E-state index in [0.29, 0.717) is 0 Å². The first kappa shape index (κ1) is 26.1. The van der Waals surface area contributed by atoms with E-state index in [1.807, 2.05) is 48.3 Å². The van der Waals surface area contributed by atoms with E-state index in [1.165, 1.54) is 0 Å². The lowest BCUT2D eigenvalue weighted by atomic mass is 10.2. The molecule has 0 aromatic rings. The quantitative estimate of drug-likeness (QED) is 0.633. The van der Waals surface area contributed by atoms with Crippen molar-refractivity contribution in [2.75, 3.05) is 52.4 Å². The summed E-state index contributed by atoms with van der Waals surface area (Å²) in [6.45, 7) is 19.7. The Morgan fingerprint density at radius 3 is 1.14 bits per heavy atom. The van der Waals surface area contributed by atoms with Crippen LogP contribution in [0.4, 0.5) is 9.59 Å². The van der Waals surface area contributed by atoms with Gasteiger partial charge in [-0.2, -0.15) is 0 Å². The van der Waals surface area contributed by atoms with E-state index in [1.54, 1.807) is 9.80 Å². The minimum Gasteiger partial charge on any atom is -0.444 e. The van der Waals surface area contributed by atoms with Crippen molar-refractivity contribution in [3.63, 3.8) is 0 Å². The highest BCUT2D eigenvalue weighted by molar-refractivity contribution is 5.68. The van der Waals surface area contributed by atoms with Gasteiger partial charge < -0.3 is 34.7 Å². The largest absolute Gasteiger partial charge is 0.444 e. The molecule has 2 aliphatic rings. The minimum absolute atomic E-state index is 0.200. The molecule has 2 amide bonds. The summed E-state index contributed by atoms with van der Waals surface area (Å²) in [7, 11) is 0. The third-order valence-electron chi connectivity index (χ3n) is 3.54. The molecule has 9 heteroatoms. The fourth-order valence-electron chi connectivity index (χ4n) is 2.35. The van der Waals surface area contributed by atoms with E-state index in [-0.39, 0.29) is 23.4 Å². The highest BCUT2D eigenvalue weighted by Crippen LogP contribution is 2.10. The van der Waals surface area contributed by atoms with Crippen molar-refractivity contribution in [1.29, 1.82) is 0 Å². The molecule has 2 fully saturated rings. The summed E-state index contributed by atoms with van der Waals surface area (Å²) in [5, 5.41) is 6.37. The maximum Gasteiger partial charge on any atom is 0.410 e. The van der Waals surface area contributed by atoms with Gasteiger partial charge in [-0.25, -0.2) is 9.59 Å². The molecule has 0 unspecified atom stereocenters. The Morgan fingerprint density at radius 2 is 0.929 bits per heavy atom. The van der Waals surface area contributed by atoms with Gasteiger partial charge in [-0.3, -0.25) is 0 Å². The van der Waals surface area contributed by atoms with E-state index in [9.17, 15) is 9.59 Å². The first-order chi connectivity index (χ1) is 13.0. The molecule has 2 N–H and O–H groups in total. The summed E-state index contributed by atoms with van der Waals surface area (Å²) in [4.78, 5) is 34.5. The van der Waals surface area contributed by atoms with Gasteiger partial charge in [0.05, 0.1) is 0 Å². The van der Waals surface area contributed by atoms with Gasteiger partial charge in [0.15, 0.2) is 0 Å². The molecule has 0 atom stereocenters. The molecule has 0 aromatic heterocycles. The molecule has 0 saturated carbocycles. The van der Waals surface area contributed by atoms with Crippen LogP contribution in [0.3, 0.4) is 0 Å². The second kappa shape index (κ2) is 12.6. The van der Waals surface area contributed by atoms with Crippen LogP contribution in [0, 0.1) is 0 Å². The Kier molecular flexibility index (Phi) is 11.7. The molecule has 28 heavy (non-hydrogen) atoms. The number of ether oxygens (including phenoxy) is 2. The number of rotatable bonds is 0. The fraction of sp³-hybridized carbons (Fsp3) is 0.842. The third kappa shape index (κ3) is 12.5. The Bertz CT molecular complexity index is 420. The van der Waals surface area contributed by atoms with Crippen LogP contribution in [0.1, 0.15) is 41.5 Å². The molecule has 0 aromatic carbocycles. The van der Waals surface area contributed by atoms with Gasteiger partial charge in [-0.05, 0) is 41.5 Å². The number of amides is 2. The predicted molar refractivity (Wildman–Crippen MR) is 108 cm³/mol. The topological polar surface area (TPSA) is 100 Å². The van der Waals surface area contributed by atoms with Crippen LogP contribution in [0.15, 0.2) is 0 Å². The molecular formula is C19H38N4O5. The van der Waals surface area contributed by atoms with E-state index in [4.69, 9.17) is 14.3 Å². The summed E-state index contributed by atoms with van der Waals surface area (Å²) in [5.74, 6) is 0. The van der Waals surface area contributed by atoms with Gasteiger partial charge in [0.1, 0.15) is 18.0 Å². The van der Waals surface area contributed by atoms with Gasteiger partial charge in [0, 0.05) is 52.4 Å².